The number of aliphatic hydroxyl groups is 1. The van der Waals surface area contributed by atoms with Gasteiger partial charge in [0, 0.05) is 30.1 Å². The summed E-state index contributed by atoms with van der Waals surface area (Å²) in [6.07, 6.45) is -2.02. The fraction of sp³-hybridized carbons (Fsp3) is 0.696. The first-order valence-corrected chi connectivity index (χ1v) is 22.4. The quantitative estimate of drug-likeness (QED) is 0.268. The number of nitrogens with zero attached hydrogens (tertiary/aromatic N) is 6. The number of fused-ring (bicyclic) bond motifs is 4. The number of hydrogen-bond acceptors (Lipinski definition) is 16. The summed E-state index contributed by atoms with van der Waals surface area (Å²) in [7, 11) is 3.86. The zero-order valence-electron chi connectivity index (χ0n) is 38.4. The summed E-state index contributed by atoms with van der Waals surface area (Å²) in [5, 5.41) is 16.4. The third kappa shape index (κ3) is 9.59. The number of carbonyl (C=O) groups is 2. The standard InChI is InChI=1S/C46H67N7O10/c1-11-36-46(8)40-27(4)37(48-17-18-53(40)44(56)63-46)25(2)20-45(7)41(62-43-38(54)35(52(9)10)19-26(3)60-43)28(5)39(29(6)42(55)61-36)57-22-32(23-58-45)51-59-24-31-13-12-14-34(50-31)33-16-15-30(47)21-49-33/h12-16,21,25-29,35-36,38-41,43,54H,11,17-20,22-24,47H2,1-10H3/b51-32+/t25-,26+,27+,28+,29-,35-,36-,38+,39+,40-,41-,43-,45-,46-/m1/s1. The zero-order chi connectivity index (χ0) is 45.4. The molecular weight excluding hydrogens is 811 g/mol. The third-order valence-electron chi connectivity index (χ3n) is 13.8. The molecule has 0 saturated carbocycles. The summed E-state index contributed by atoms with van der Waals surface area (Å²) in [4.78, 5) is 52.1. The molecule has 4 fully saturated rings. The number of rotatable bonds is 8. The van der Waals surface area contributed by atoms with Gasteiger partial charge < -0.3 is 49.0 Å². The lowest BCUT2D eigenvalue weighted by Crippen LogP contribution is -2.60. The summed E-state index contributed by atoms with van der Waals surface area (Å²) in [6, 6.07) is 8.48. The number of anilines is 1. The Bertz CT molecular complexity index is 2000. The molecule has 0 aliphatic carbocycles. The van der Waals surface area contributed by atoms with Crippen molar-refractivity contribution in [3.05, 3.63) is 42.2 Å². The zero-order valence-corrected chi connectivity index (χ0v) is 38.4. The predicted molar refractivity (Wildman–Crippen MR) is 235 cm³/mol. The Hall–Kier alpha value is -4.26. The molecule has 0 aromatic carbocycles. The number of aliphatic imine (C=N–C) groups is 1. The van der Waals surface area contributed by atoms with E-state index < -0.39 is 71.8 Å². The van der Waals surface area contributed by atoms with Gasteiger partial charge in [0.2, 0.25) is 0 Å². The molecule has 1 amide bonds. The molecule has 0 spiro atoms. The summed E-state index contributed by atoms with van der Waals surface area (Å²) in [5.41, 5.74) is 7.45. The van der Waals surface area contributed by atoms with Crippen molar-refractivity contribution in [2.24, 2.45) is 33.8 Å². The van der Waals surface area contributed by atoms with Gasteiger partial charge >= 0.3 is 12.1 Å². The van der Waals surface area contributed by atoms with Crippen molar-refractivity contribution >= 4 is 29.2 Å². The van der Waals surface area contributed by atoms with Crippen molar-refractivity contribution in [1.82, 2.24) is 19.8 Å². The Balaban J connectivity index is 1.28. The van der Waals surface area contributed by atoms with E-state index in [0.717, 1.165) is 5.71 Å². The predicted octanol–water partition coefficient (Wildman–Crippen LogP) is 4.89. The molecule has 17 nitrogen and oxygen atoms in total. The van der Waals surface area contributed by atoms with Gasteiger partial charge in [-0.15, -0.1) is 0 Å². The van der Waals surface area contributed by atoms with E-state index in [1.165, 1.54) is 0 Å². The number of carbonyl (C=O) groups excluding carboxylic acids is 2. The Morgan fingerprint density at radius 2 is 1.83 bits per heavy atom. The van der Waals surface area contributed by atoms with Crippen molar-refractivity contribution in [3.8, 4) is 11.4 Å². The Labute approximate surface area is 371 Å². The van der Waals surface area contributed by atoms with Gasteiger partial charge in [-0.25, -0.2) is 9.78 Å². The molecule has 14 atom stereocenters. The molecule has 4 saturated heterocycles. The maximum atomic E-state index is 14.6. The van der Waals surface area contributed by atoms with Crippen LogP contribution in [0, 0.1) is 23.7 Å². The fourth-order valence-electron chi connectivity index (χ4n) is 10.7. The lowest BCUT2D eigenvalue weighted by molar-refractivity contribution is -0.302. The number of nitrogen functional groups attached to an aromatic ring is 1. The highest BCUT2D eigenvalue weighted by molar-refractivity contribution is 5.91. The number of aromatic nitrogens is 2. The molecule has 5 aliphatic rings. The lowest BCUT2D eigenvalue weighted by atomic mass is 9.72. The highest BCUT2D eigenvalue weighted by Gasteiger charge is 2.60. The van der Waals surface area contributed by atoms with Gasteiger partial charge in [-0.05, 0) is 91.2 Å². The smallest absolute Gasteiger partial charge is 0.410 e. The maximum Gasteiger partial charge on any atom is 0.410 e. The first-order chi connectivity index (χ1) is 29.9. The van der Waals surface area contributed by atoms with E-state index in [2.05, 4.69) is 24.0 Å². The van der Waals surface area contributed by atoms with Gasteiger partial charge in [0.25, 0.3) is 0 Å². The van der Waals surface area contributed by atoms with Gasteiger partial charge in [0.15, 0.2) is 18.5 Å². The minimum atomic E-state index is -1.15. The molecule has 7 rings (SSSR count). The van der Waals surface area contributed by atoms with E-state index in [-0.39, 0.29) is 43.8 Å². The first kappa shape index (κ1) is 46.7. The van der Waals surface area contributed by atoms with E-state index in [1.807, 2.05) is 77.9 Å². The highest BCUT2D eigenvalue weighted by Crippen LogP contribution is 2.45. The van der Waals surface area contributed by atoms with Gasteiger partial charge in [-0.3, -0.25) is 19.7 Å². The molecule has 7 heterocycles. The van der Waals surface area contributed by atoms with Crippen molar-refractivity contribution in [3.63, 3.8) is 0 Å². The van der Waals surface area contributed by atoms with Crippen molar-refractivity contribution < 1.29 is 48.0 Å². The van der Waals surface area contributed by atoms with Gasteiger partial charge in [-0.1, -0.05) is 38.9 Å². The number of cyclic esters (lactones) is 1. The summed E-state index contributed by atoms with van der Waals surface area (Å²) < 4.78 is 39.9. The van der Waals surface area contributed by atoms with Crippen LogP contribution in [0.2, 0.25) is 0 Å². The second-order valence-corrected chi connectivity index (χ2v) is 18.8. The van der Waals surface area contributed by atoms with Crippen LogP contribution in [0.1, 0.15) is 80.3 Å². The summed E-state index contributed by atoms with van der Waals surface area (Å²) in [5.74, 6) is -2.35. The molecule has 2 aromatic rings. The number of oxime groups is 1. The number of nitrogens with two attached hydrogens (primary N) is 1. The average Bonchev–Trinajstić information content (AvgIpc) is 3.39. The van der Waals surface area contributed by atoms with Gasteiger partial charge in [-0.2, -0.15) is 0 Å². The minimum absolute atomic E-state index is 0.00820. The highest BCUT2D eigenvalue weighted by atomic mass is 16.7. The monoisotopic (exact) mass is 877 g/mol. The molecule has 63 heavy (non-hydrogen) atoms. The Morgan fingerprint density at radius 3 is 2.54 bits per heavy atom. The van der Waals surface area contributed by atoms with Crippen LogP contribution in [0.3, 0.4) is 0 Å². The van der Waals surface area contributed by atoms with Crippen LogP contribution in [0.4, 0.5) is 10.5 Å². The van der Waals surface area contributed by atoms with Crippen molar-refractivity contribution in [2.45, 2.75) is 141 Å². The lowest BCUT2D eigenvalue weighted by Gasteiger charge is -2.48. The molecule has 0 unspecified atom stereocenters. The van der Waals surface area contributed by atoms with Crippen molar-refractivity contribution in [1.29, 1.82) is 0 Å². The van der Waals surface area contributed by atoms with Gasteiger partial charge in [0.05, 0.1) is 84.6 Å². The normalized spacial score (nSPS) is 38.4. The van der Waals surface area contributed by atoms with Gasteiger partial charge in [0.1, 0.15) is 17.9 Å². The number of ether oxygens (including phenoxy) is 6. The van der Waals surface area contributed by atoms with E-state index in [1.54, 1.807) is 24.1 Å². The summed E-state index contributed by atoms with van der Waals surface area (Å²) in [6.45, 7) is 16.5. The van der Waals surface area contributed by atoms with E-state index in [0.29, 0.717) is 60.8 Å². The maximum absolute atomic E-state index is 14.6. The minimum Gasteiger partial charge on any atom is -0.458 e. The SMILES string of the molecule is CC[C@H]1OC(=O)[C@H](C)[C@H]2OC/C(=N\OCc3cccc(-c4ccc(N)cn4)n3)CO[C@](C)(C[C@@H](C)C3=NCCN4C(=O)O[C@@]1(C)[C@H]4[C@H]3C)[C@H](O[C@H]1O[C@@H](C)C[C@@H](N(C)C)[C@@H]1O)[C@H]2C. The number of aliphatic hydroxyl groups excluding tert-OH is 1. The average molecular weight is 878 g/mol. The van der Waals surface area contributed by atoms with Crippen LogP contribution in [-0.2, 0) is 44.7 Å². The number of amides is 1. The van der Waals surface area contributed by atoms with E-state index >= 15 is 0 Å². The second kappa shape index (κ2) is 19.1. The molecule has 0 radical (unpaired) electrons. The fourth-order valence-corrected chi connectivity index (χ4v) is 10.7. The first-order valence-electron chi connectivity index (χ1n) is 22.4. The molecule has 2 aromatic heterocycles. The molecular formula is C46H67N7O10. The third-order valence-corrected chi connectivity index (χ3v) is 13.8. The molecule has 346 valence electrons. The largest absolute Gasteiger partial charge is 0.458 e. The van der Waals surface area contributed by atoms with Crippen LogP contribution in [0.5, 0.6) is 0 Å². The van der Waals surface area contributed by atoms with Crippen LogP contribution < -0.4 is 5.73 Å². The number of likely N-dealkylation sites (N-methyl/N-ethyl adjacent to an activating group) is 1. The molecule has 3 N–H and O–H groups in total. The molecule has 4 bridgehead atoms. The Morgan fingerprint density at radius 1 is 1.05 bits per heavy atom. The number of esters is 1. The number of pyridine rings is 2. The summed E-state index contributed by atoms with van der Waals surface area (Å²) >= 11 is 0. The molecule has 5 aliphatic heterocycles. The van der Waals surface area contributed by atoms with Crippen LogP contribution in [0.15, 0.2) is 46.7 Å². The van der Waals surface area contributed by atoms with E-state index in [4.69, 9.17) is 49.0 Å². The number of hydrogen-bond donors (Lipinski definition) is 2. The molecule has 17 heteroatoms. The van der Waals surface area contributed by atoms with Crippen LogP contribution >= 0.6 is 0 Å². The topological polar surface area (TPSA) is 202 Å². The van der Waals surface area contributed by atoms with E-state index in [9.17, 15) is 14.7 Å². The van der Waals surface area contributed by atoms with Crippen LogP contribution in [0.25, 0.3) is 11.4 Å². The van der Waals surface area contributed by atoms with Crippen molar-refractivity contribution in [2.75, 3.05) is 46.1 Å². The van der Waals surface area contributed by atoms with Crippen LogP contribution in [-0.4, -0.2) is 149 Å². The Kier molecular flexibility index (Phi) is 14.1. The second-order valence-electron chi connectivity index (χ2n) is 18.8.